The highest BCUT2D eigenvalue weighted by Crippen LogP contribution is 2.23. The van der Waals surface area contributed by atoms with E-state index in [4.69, 9.17) is 0 Å². The number of amides is 1. The Morgan fingerprint density at radius 1 is 1.08 bits per heavy atom. The number of tetrazole rings is 1. The van der Waals surface area contributed by atoms with Crippen LogP contribution in [0.1, 0.15) is 23.1 Å². The molecule has 1 heterocycles. The van der Waals surface area contributed by atoms with Gasteiger partial charge < -0.3 is 5.32 Å². The number of rotatable bonds is 6. The van der Waals surface area contributed by atoms with Crippen molar-refractivity contribution < 1.29 is 4.79 Å². The number of aromatic nitrogens is 4. The molecule has 0 fully saturated rings. The molecule has 2 aromatic carbocycles. The molecule has 26 heavy (non-hydrogen) atoms. The Hall–Kier alpha value is -2.67. The average Bonchev–Trinajstić information content (AvgIpc) is 3.14. The fourth-order valence-corrected chi connectivity index (χ4v) is 3.39. The highest BCUT2D eigenvalue weighted by atomic mass is 32.2. The zero-order valence-corrected chi connectivity index (χ0v) is 15.9. The van der Waals surface area contributed by atoms with Crippen LogP contribution in [0.5, 0.6) is 0 Å². The summed E-state index contributed by atoms with van der Waals surface area (Å²) in [4.78, 5) is 13.5. The second-order valence-electron chi connectivity index (χ2n) is 6.15. The number of aryl methyl sites for hydroxylation is 3. The minimum absolute atomic E-state index is 0.00158. The largest absolute Gasteiger partial charge is 0.326 e. The van der Waals surface area contributed by atoms with Gasteiger partial charge >= 0.3 is 0 Å². The van der Waals surface area contributed by atoms with E-state index in [0.717, 1.165) is 22.7 Å². The van der Waals surface area contributed by atoms with Gasteiger partial charge in [-0.2, -0.15) is 0 Å². The van der Waals surface area contributed by atoms with E-state index < -0.39 is 0 Å². The van der Waals surface area contributed by atoms with Crippen molar-refractivity contribution >= 4 is 23.4 Å². The molecular weight excluding hydrogens is 346 g/mol. The number of carbonyl (C=O) groups excluding carboxylic acids is 1. The molecule has 6 nitrogen and oxygen atoms in total. The van der Waals surface area contributed by atoms with Crippen LogP contribution in [0.4, 0.5) is 5.69 Å². The predicted octanol–water partition coefficient (Wildman–Crippen LogP) is 3.71. The number of anilines is 1. The van der Waals surface area contributed by atoms with Crippen LogP contribution in [0.3, 0.4) is 0 Å². The fraction of sp³-hybridized carbons (Fsp3) is 0.263. The summed E-state index contributed by atoms with van der Waals surface area (Å²) in [6.45, 7) is 6.17. The fourth-order valence-electron chi connectivity index (χ4n) is 2.44. The van der Waals surface area contributed by atoms with Gasteiger partial charge in [0.05, 0.1) is 5.69 Å². The van der Waals surface area contributed by atoms with Gasteiger partial charge in [0.15, 0.2) is 0 Å². The number of benzene rings is 2. The SMILES string of the molecule is Cc1ccc(SCCC(=O)Nc2cc(-n3cnnn3)ccc2C)cc1C. The molecule has 3 aromatic rings. The van der Waals surface area contributed by atoms with E-state index in [0.29, 0.717) is 6.42 Å². The maximum atomic E-state index is 12.3. The number of thioether (sulfide) groups is 1. The lowest BCUT2D eigenvalue weighted by Gasteiger charge is -2.10. The maximum absolute atomic E-state index is 12.3. The normalized spacial score (nSPS) is 10.7. The number of nitrogens with zero attached hydrogens (tertiary/aromatic N) is 4. The van der Waals surface area contributed by atoms with Gasteiger partial charge in [-0.05, 0) is 72.2 Å². The van der Waals surface area contributed by atoms with Crippen molar-refractivity contribution in [3.8, 4) is 5.69 Å². The summed E-state index contributed by atoms with van der Waals surface area (Å²) < 4.78 is 1.56. The number of nitrogens with one attached hydrogen (secondary N) is 1. The van der Waals surface area contributed by atoms with Crippen LogP contribution in [0.2, 0.25) is 0 Å². The smallest absolute Gasteiger partial charge is 0.225 e. The lowest BCUT2D eigenvalue weighted by atomic mass is 10.1. The van der Waals surface area contributed by atoms with Crippen molar-refractivity contribution in [3.63, 3.8) is 0 Å². The quantitative estimate of drug-likeness (QED) is 0.673. The highest BCUT2D eigenvalue weighted by Gasteiger charge is 2.08. The maximum Gasteiger partial charge on any atom is 0.225 e. The van der Waals surface area contributed by atoms with E-state index in [2.05, 4.69) is 52.9 Å². The Kier molecular flexibility index (Phi) is 5.68. The van der Waals surface area contributed by atoms with E-state index in [-0.39, 0.29) is 5.91 Å². The van der Waals surface area contributed by atoms with Gasteiger partial charge in [0, 0.05) is 22.8 Å². The Bertz CT molecular complexity index is 908. The van der Waals surface area contributed by atoms with Crippen molar-refractivity contribution in [1.29, 1.82) is 0 Å². The Balaban J connectivity index is 1.57. The van der Waals surface area contributed by atoms with Crippen LogP contribution in [0, 0.1) is 20.8 Å². The molecule has 1 aromatic heterocycles. The third-order valence-electron chi connectivity index (χ3n) is 4.19. The number of hydrogen-bond acceptors (Lipinski definition) is 5. The third-order valence-corrected chi connectivity index (χ3v) is 5.18. The van der Waals surface area contributed by atoms with Gasteiger partial charge in [-0.15, -0.1) is 16.9 Å². The molecule has 0 bridgehead atoms. The minimum Gasteiger partial charge on any atom is -0.326 e. The summed E-state index contributed by atoms with van der Waals surface area (Å²) in [6.07, 6.45) is 1.97. The zero-order valence-electron chi connectivity index (χ0n) is 15.1. The van der Waals surface area contributed by atoms with Gasteiger partial charge in [0.1, 0.15) is 6.33 Å². The molecule has 0 unspecified atom stereocenters. The molecule has 1 amide bonds. The molecule has 0 radical (unpaired) electrons. The topological polar surface area (TPSA) is 72.7 Å². The van der Waals surface area contributed by atoms with Gasteiger partial charge in [-0.3, -0.25) is 4.79 Å². The van der Waals surface area contributed by atoms with Crippen LogP contribution in [0.25, 0.3) is 5.69 Å². The molecule has 1 N–H and O–H groups in total. The van der Waals surface area contributed by atoms with Crippen molar-refractivity contribution in [2.24, 2.45) is 0 Å². The molecule has 0 aliphatic carbocycles. The monoisotopic (exact) mass is 367 g/mol. The summed E-state index contributed by atoms with van der Waals surface area (Å²) >= 11 is 1.70. The van der Waals surface area contributed by atoms with Crippen LogP contribution in [0.15, 0.2) is 47.6 Å². The Morgan fingerprint density at radius 2 is 1.88 bits per heavy atom. The molecule has 0 atom stereocenters. The average molecular weight is 367 g/mol. The van der Waals surface area contributed by atoms with Crippen molar-refractivity contribution in [3.05, 3.63) is 59.4 Å². The lowest BCUT2D eigenvalue weighted by molar-refractivity contribution is -0.115. The first-order valence-corrected chi connectivity index (χ1v) is 9.35. The number of carbonyl (C=O) groups is 1. The van der Waals surface area contributed by atoms with E-state index in [9.17, 15) is 4.79 Å². The molecule has 0 saturated heterocycles. The lowest BCUT2D eigenvalue weighted by Crippen LogP contribution is -2.13. The zero-order chi connectivity index (χ0) is 18.5. The van der Waals surface area contributed by atoms with Crippen molar-refractivity contribution in [1.82, 2.24) is 20.2 Å². The first-order valence-electron chi connectivity index (χ1n) is 8.37. The van der Waals surface area contributed by atoms with E-state index in [1.165, 1.54) is 22.3 Å². The molecule has 0 aliphatic heterocycles. The predicted molar refractivity (Wildman–Crippen MR) is 104 cm³/mol. The van der Waals surface area contributed by atoms with E-state index in [1.807, 2.05) is 25.1 Å². The highest BCUT2D eigenvalue weighted by molar-refractivity contribution is 7.99. The molecule has 0 aliphatic rings. The standard InChI is InChI=1S/C19H21N5OS/c1-13-5-7-17(10-15(13)3)26-9-8-19(25)21-18-11-16(6-4-14(18)2)24-12-20-22-23-24/h4-7,10-12H,8-9H2,1-3H3,(H,21,25). The summed E-state index contributed by atoms with van der Waals surface area (Å²) in [5.41, 5.74) is 5.14. The summed E-state index contributed by atoms with van der Waals surface area (Å²) in [5.74, 6) is 0.735. The van der Waals surface area contributed by atoms with E-state index >= 15 is 0 Å². The Labute approximate surface area is 157 Å². The van der Waals surface area contributed by atoms with Crippen LogP contribution in [-0.4, -0.2) is 31.9 Å². The van der Waals surface area contributed by atoms with Crippen LogP contribution < -0.4 is 5.32 Å². The minimum atomic E-state index is -0.00158. The molecular formula is C19H21N5OS. The summed E-state index contributed by atoms with van der Waals surface area (Å²) in [6, 6.07) is 12.1. The van der Waals surface area contributed by atoms with Crippen LogP contribution >= 0.6 is 11.8 Å². The third kappa shape index (κ3) is 4.49. The van der Waals surface area contributed by atoms with Gasteiger partial charge in [0.2, 0.25) is 5.91 Å². The van der Waals surface area contributed by atoms with E-state index in [1.54, 1.807) is 16.4 Å². The first-order chi connectivity index (χ1) is 12.5. The van der Waals surface area contributed by atoms with Crippen LogP contribution in [-0.2, 0) is 4.79 Å². The molecule has 0 saturated carbocycles. The van der Waals surface area contributed by atoms with Crippen molar-refractivity contribution in [2.75, 3.05) is 11.1 Å². The molecule has 0 spiro atoms. The summed E-state index contributed by atoms with van der Waals surface area (Å²) in [7, 11) is 0. The molecule has 134 valence electrons. The van der Waals surface area contributed by atoms with Gasteiger partial charge in [-0.1, -0.05) is 12.1 Å². The molecule has 7 heteroatoms. The summed E-state index contributed by atoms with van der Waals surface area (Å²) in [5, 5.41) is 14.1. The van der Waals surface area contributed by atoms with Gasteiger partial charge in [0.25, 0.3) is 0 Å². The second-order valence-corrected chi connectivity index (χ2v) is 7.31. The second kappa shape index (κ2) is 8.14. The molecule has 3 rings (SSSR count). The van der Waals surface area contributed by atoms with Crippen molar-refractivity contribution in [2.45, 2.75) is 32.1 Å². The van der Waals surface area contributed by atoms with Gasteiger partial charge in [-0.25, -0.2) is 4.68 Å². The number of hydrogen-bond donors (Lipinski definition) is 1. The Morgan fingerprint density at radius 3 is 2.62 bits per heavy atom. The first kappa shape index (κ1) is 18.1.